The van der Waals surface area contributed by atoms with E-state index in [-0.39, 0.29) is 0 Å². The molecule has 0 N–H and O–H groups in total. The van der Waals surface area contributed by atoms with Crippen LogP contribution in [0, 0.1) is 13.8 Å². The fourth-order valence-electron chi connectivity index (χ4n) is 4.86. The Morgan fingerprint density at radius 3 is 1.54 bits per heavy atom. The summed E-state index contributed by atoms with van der Waals surface area (Å²) in [7, 11) is 0. The van der Waals surface area contributed by atoms with Gasteiger partial charge in [-0.1, -0.05) is 35.4 Å². The predicted octanol–water partition coefficient (Wildman–Crippen LogP) is 5.78. The Hall–Kier alpha value is -3.48. The summed E-state index contributed by atoms with van der Waals surface area (Å²) < 4.78 is 24.1. The monoisotopic (exact) mass is 470 g/mol. The average Bonchev–Trinajstić information content (AvgIpc) is 3.48. The molecule has 0 spiro atoms. The maximum atomic E-state index is 6.12. The van der Waals surface area contributed by atoms with Gasteiger partial charge in [-0.3, -0.25) is 9.80 Å². The summed E-state index contributed by atoms with van der Waals surface area (Å²) in [5.74, 6) is 5.64. The van der Waals surface area contributed by atoms with Crippen molar-refractivity contribution >= 4 is 0 Å². The Labute approximate surface area is 205 Å². The molecule has 2 aliphatic rings. The van der Waals surface area contributed by atoms with Gasteiger partial charge in [-0.15, -0.1) is 0 Å². The number of aryl methyl sites for hydroxylation is 2. The third-order valence-corrected chi connectivity index (χ3v) is 6.57. The van der Waals surface area contributed by atoms with Crippen molar-refractivity contribution in [3.8, 4) is 11.5 Å². The van der Waals surface area contributed by atoms with E-state index in [1.165, 1.54) is 22.3 Å². The Bertz CT molecular complexity index is 1240. The normalized spacial score (nSPS) is 15.8. The molecule has 2 aliphatic heterocycles. The SMILES string of the molecule is Cc1ccc2c(c1)CN(Cc1ccc(Cc3ccc(CN4COc5ccc(C)cc5C4)o3)o1)CO2. The molecule has 35 heavy (non-hydrogen) atoms. The second-order valence-electron chi connectivity index (χ2n) is 9.66. The average molecular weight is 471 g/mol. The van der Waals surface area contributed by atoms with Crippen molar-refractivity contribution in [1.82, 2.24) is 9.80 Å². The van der Waals surface area contributed by atoms with E-state index in [1.807, 2.05) is 12.1 Å². The Morgan fingerprint density at radius 1 is 0.600 bits per heavy atom. The van der Waals surface area contributed by atoms with Gasteiger partial charge in [0, 0.05) is 24.2 Å². The summed E-state index contributed by atoms with van der Waals surface area (Å²) >= 11 is 0. The topological polar surface area (TPSA) is 51.2 Å². The van der Waals surface area contributed by atoms with Gasteiger partial charge in [0.2, 0.25) is 0 Å². The van der Waals surface area contributed by atoms with Crippen LogP contribution in [0.5, 0.6) is 11.5 Å². The summed E-state index contributed by atoms with van der Waals surface area (Å²) in [4.78, 5) is 4.49. The highest BCUT2D eigenvalue weighted by atomic mass is 16.5. The van der Waals surface area contributed by atoms with Crippen LogP contribution in [0.15, 0.2) is 69.5 Å². The minimum Gasteiger partial charge on any atom is -0.478 e. The Kier molecular flexibility index (Phi) is 5.84. The van der Waals surface area contributed by atoms with E-state index >= 15 is 0 Å². The van der Waals surface area contributed by atoms with Gasteiger partial charge in [0.15, 0.2) is 0 Å². The second kappa shape index (κ2) is 9.29. The fourth-order valence-corrected chi connectivity index (χ4v) is 4.86. The van der Waals surface area contributed by atoms with Crippen molar-refractivity contribution in [2.45, 2.75) is 46.4 Å². The minimum absolute atomic E-state index is 0.567. The van der Waals surface area contributed by atoms with E-state index in [0.29, 0.717) is 33.0 Å². The molecule has 0 amide bonds. The number of ether oxygens (including phenoxy) is 2. The summed E-state index contributed by atoms with van der Waals surface area (Å²) in [5, 5.41) is 0. The molecule has 2 aromatic carbocycles. The third-order valence-electron chi connectivity index (χ3n) is 6.57. The van der Waals surface area contributed by atoms with Crippen LogP contribution >= 0.6 is 0 Å². The lowest BCUT2D eigenvalue weighted by Crippen LogP contribution is -2.31. The van der Waals surface area contributed by atoms with E-state index in [4.69, 9.17) is 18.3 Å². The van der Waals surface area contributed by atoms with Crippen LogP contribution in [0.3, 0.4) is 0 Å². The van der Waals surface area contributed by atoms with Gasteiger partial charge in [-0.2, -0.15) is 0 Å². The zero-order chi connectivity index (χ0) is 23.8. The zero-order valence-corrected chi connectivity index (χ0v) is 20.3. The van der Waals surface area contributed by atoms with E-state index < -0.39 is 0 Å². The molecule has 0 atom stereocenters. The summed E-state index contributed by atoms with van der Waals surface area (Å²) in [5.41, 5.74) is 4.95. The van der Waals surface area contributed by atoms with E-state index in [0.717, 1.165) is 47.6 Å². The number of rotatable bonds is 6. The third kappa shape index (κ3) is 4.99. The molecule has 6 nitrogen and oxygen atoms in total. The van der Waals surface area contributed by atoms with Crippen molar-refractivity contribution in [3.05, 3.63) is 106 Å². The van der Waals surface area contributed by atoms with Crippen LogP contribution < -0.4 is 9.47 Å². The molecule has 0 radical (unpaired) electrons. The second-order valence-corrected chi connectivity index (χ2v) is 9.66. The van der Waals surface area contributed by atoms with Crippen LogP contribution in [0.25, 0.3) is 0 Å². The molecule has 0 saturated heterocycles. The predicted molar refractivity (Wildman–Crippen MR) is 132 cm³/mol. The van der Waals surface area contributed by atoms with Gasteiger partial charge in [-0.05, 0) is 50.2 Å². The van der Waals surface area contributed by atoms with Crippen molar-refractivity contribution in [2.24, 2.45) is 0 Å². The number of fused-ring (bicyclic) bond motifs is 2. The van der Waals surface area contributed by atoms with Crippen molar-refractivity contribution in [2.75, 3.05) is 13.5 Å². The molecule has 0 fully saturated rings. The van der Waals surface area contributed by atoms with Crippen LogP contribution in [0.2, 0.25) is 0 Å². The molecule has 6 rings (SSSR count). The molecule has 180 valence electrons. The Morgan fingerprint density at radius 2 is 1.06 bits per heavy atom. The van der Waals surface area contributed by atoms with Gasteiger partial charge < -0.3 is 18.3 Å². The fraction of sp³-hybridized carbons (Fsp3) is 0.310. The maximum absolute atomic E-state index is 6.12. The first-order chi connectivity index (χ1) is 17.1. The Balaban J connectivity index is 1.04. The van der Waals surface area contributed by atoms with Crippen LogP contribution in [-0.2, 0) is 32.6 Å². The zero-order valence-electron chi connectivity index (χ0n) is 20.3. The number of nitrogens with zero attached hydrogens (tertiary/aromatic N) is 2. The number of hydrogen-bond acceptors (Lipinski definition) is 6. The highest BCUT2D eigenvalue weighted by molar-refractivity contribution is 5.38. The first kappa shape index (κ1) is 22.0. The van der Waals surface area contributed by atoms with Gasteiger partial charge in [0.25, 0.3) is 0 Å². The molecule has 0 aliphatic carbocycles. The minimum atomic E-state index is 0.567. The highest BCUT2D eigenvalue weighted by Crippen LogP contribution is 2.28. The van der Waals surface area contributed by atoms with Crippen LogP contribution in [0.1, 0.15) is 45.3 Å². The van der Waals surface area contributed by atoms with Gasteiger partial charge in [0.1, 0.15) is 48.0 Å². The first-order valence-electron chi connectivity index (χ1n) is 12.1. The maximum Gasteiger partial charge on any atom is 0.142 e. The van der Waals surface area contributed by atoms with Crippen molar-refractivity contribution in [3.63, 3.8) is 0 Å². The highest BCUT2D eigenvalue weighted by Gasteiger charge is 2.20. The van der Waals surface area contributed by atoms with E-state index in [2.05, 4.69) is 72.2 Å². The largest absolute Gasteiger partial charge is 0.478 e. The number of hydrogen-bond donors (Lipinski definition) is 0. The molecular formula is C29H30N2O4. The lowest BCUT2D eigenvalue weighted by molar-refractivity contribution is 0.0814. The van der Waals surface area contributed by atoms with Gasteiger partial charge >= 0.3 is 0 Å². The lowest BCUT2D eigenvalue weighted by Gasteiger charge is -2.28. The van der Waals surface area contributed by atoms with Gasteiger partial charge in [0.05, 0.1) is 19.5 Å². The molecular weight excluding hydrogens is 440 g/mol. The molecule has 4 aromatic rings. The van der Waals surface area contributed by atoms with Crippen LogP contribution in [-0.4, -0.2) is 23.3 Å². The quantitative estimate of drug-likeness (QED) is 0.356. The number of benzene rings is 2. The molecule has 6 heteroatoms. The molecule has 0 unspecified atom stereocenters. The van der Waals surface area contributed by atoms with Crippen molar-refractivity contribution in [1.29, 1.82) is 0 Å². The molecule has 0 saturated carbocycles. The smallest absolute Gasteiger partial charge is 0.142 e. The van der Waals surface area contributed by atoms with E-state index in [9.17, 15) is 0 Å². The standard InChI is InChI=1S/C29H30N2O4/c1-20-3-9-28-22(11-20)14-30(18-32-28)16-26-7-5-24(34-26)13-25-6-8-27(35-25)17-31-15-23-12-21(2)4-10-29(23)33-19-31/h3-12H,13-19H2,1-2H3. The molecule has 2 aromatic heterocycles. The lowest BCUT2D eigenvalue weighted by atomic mass is 10.1. The summed E-state index contributed by atoms with van der Waals surface area (Å²) in [6.07, 6.45) is 0.636. The van der Waals surface area contributed by atoms with Crippen LogP contribution in [0.4, 0.5) is 0 Å². The molecule has 0 bridgehead atoms. The number of furan rings is 2. The van der Waals surface area contributed by atoms with Crippen molar-refractivity contribution < 1.29 is 18.3 Å². The van der Waals surface area contributed by atoms with E-state index in [1.54, 1.807) is 0 Å². The molecule has 4 heterocycles. The van der Waals surface area contributed by atoms with Gasteiger partial charge in [-0.25, -0.2) is 0 Å². The summed E-state index contributed by atoms with van der Waals surface area (Å²) in [6, 6.07) is 20.9. The first-order valence-corrected chi connectivity index (χ1v) is 12.1. The summed E-state index contributed by atoms with van der Waals surface area (Å²) in [6.45, 7) is 8.50.